The average Bonchev–Trinajstić information content (AvgIpc) is 2.59. The van der Waals surface area contributed by atoms with Crippen LogP contribution in [0.1, 0.15) is 50.6 Å². The second-order valence-electron chi connectivity index (χ2n) is 4.74. The van der Waals surface area contributed by atoms with Crippen molar-refractivity contribution in [3.63, 3.8) is 0 Å². The van der Waals surface area contributed by atoms with Gasteiger partial charge in [-0.3, -0.25) is 4.68 Å². The number of aromatic nitrogens is 2. The highest BCUT2D eigenvalue weighted by molar-refractivity contribution is 5.32. The maximum absolute atomic E-state index is 5.80. The Labute approximate surface area is 91.7 Å². The van der Waals surface area contributed by atoms with E-state index >= 15 is 0 Å². The van der Waals surface area contributed by atoms with Gasteiger partial charge in [0, 0.05) is 19.0 Å². The highest BCUT2D eigenvalue weighted by atomic mass is 15.3. The third-order valence-electron chi connectivity index (χ3n) is 3.78. The van der Waals surface area contributed by atoms with Crippen LogP contribution in [0.4, 0.5) is 5.82 Å². The lowest BCUT2D eigenvalue weighted by molar-refractivity contribution is 0.315. The molecule has 15 heavy (non-hydrogen) atoms. The number of nitrogen functional groups attached to an aromatic ring is 1. The van der Waals surface area contributed by atoms with Crippen LogP contribution in [0.3, 0.4) is 0 Å². The third-order valence-corrected chi connectivity index (χ3v) is 3.78. The van der Waals surface area contributed by atoms with E-state index in [0.717, 1.165) is 11.7 Å². The molecule has 1 fully saturated rings. The molecule has 2 N–H and O–H groups in total. The molecule has 3 nitrogen and oxygen atoms in total. The summed E-state index contributed by atoms with van der Waals surface area (Å²) in [5.41, 5.74) is 7.00. The van der Waals surface area contributed by atoms with Gasteiger partial charge in [-0.05, 0) is 31.6 Å². The number of hydrogen-bond donors (Lipinski definition) is 1. The largest absolute Gasteiger partial charge is 0.384 e. The maximum Gasteiger partial charge on any atom is 0.121 e. The summed E-state index contributed by atoms with van der Waals surface area (Å²) < 4.78 is 1.78. The van der Waals surface area contributed by atoms with Crippen molar-refractivity contribution in [3.8, 4) is 0 Å². The molecule has 1 saturated carbocycles. The van der Waals surface area contributed by atoms with Crippen LogP contribution in [0.15, 0.2) is 6.07 Å². The lowest BCUT2D eigenvalue weighted by atomic mass is 9.79. The summed E-state index contributed by atoms with van der Waals surface area (Å²) in [6.45, 7) is 2.30. The molecule has 84 valence electrons. The van der Waals surface area contributed by atoms with Crippen LogP contribution in [0.25, 0.3) is 0 Å². The van der Waals surface area contributed by atoms with Gasteiger partial charge in [0.1, 0.15) is 5.82 Å². The first-order chi connectivity index (χ1) is 7.20. The Morgan fingerprint density at radius 3 is 2.53 bits per heavy atom. The summed E-state index contributed by atoms with van der Waals surface area (Å²) in [6, 6.07) is 2.04. The maximum atomic E-state index is 5.80. The SMILES string of the molecule is CCC1CCC(c2cc(N)n(C)n2)CC1. The van der Waals surface area contributed by atoms with Crippen molar-refractivity contribution < 1.29 is 0 Å². The molecule has 1 aromatic heterocycles. The molecule has 1 heterocycles. The van der Waals surface area contributed by atoms with Crippen molar-refractivity contribution in [1.82, 2.24) is 9.78 Å². The zero-order valence-electron chi connectivity index (χ0n) is 9.74. The predicted molar refractivity (Wildman–Crippen MR) is 62.6 cm³/mol. The second-order valence-corrected chi connectivity index (χ2v) is 4.74. The Bertz CT molecular complexity index is 302. The van der Waals surface area contributed by atoms with Crippen LogP contribution in [-0.2, 0) is 7.05 Å². The zero-order valence-corrected chi connectivity index (χ0v) is 9.74. The first kappa shape index (κ1) is 10.5. The number of nitrogens with two attached hydrogens (primary N) is 1. The molecular weight excluding hydrogens is 186 g/mol. The van der Waals surface area contributed by atoms with E-state index in [1.165, 1.54) is 37.8 Å². The fourth-order valence-corrected chi connectivity index (χ4v) is 2.57. The molecule has 0 saturated heterocycles. The Hall–Kier alpha value is -0.990. The van der Waals surface area contributed by atoms with E-state index in [4.69, 9.17) is 5.73 Å². The molecule has 1 aliphatic carbocycles. The normalized spacial score (nSPS) is 26.8. The first-order valence-electron chi connectivity index (χ1n) is 6.00. The molecule has 0 bridgehead atoms. The summed E-state index contributed by atoms with van der Waals surface area (Å²) in [5.74, 6) is 2.38. The number of aryl methyl sites for hydroxylation is 1. The highest BCUT2D eigenvalue weighted by Gasteiger charge is 2.23. The van der Waals surface area contributed by atoms with Gasteiger partial charge in [-0.2, -0.15) is 5.10 Å². The Balaban J connectivity index is 2.01. The molecule has 1 aromatic rings. The van der Waals surface area contributed by atoms with Gasteiger partial charge >= 0.3 is 0 Å². The molecular formula is C12H21N3. The smallest absolute Gasteiger partial charge is 0.121 e. The predicted octanol–water partition coefficient (Wildman–Crippen LogP) is 2.69. The molecule has 0 aliphatic heterocycles. The number of nitrogens with zero attached hydrogens (tertiary/aromatic N) is 2. The minimum atomic E-state index is 0.649. The topological polar surface area (TPSA) is 43.8 Å². The molecule has 0 radical (unpaired) electrons. The first-order valence-corrected chi connectivity index (χ1v) is 6.00. The van der Waals surface area contributed by atoms with Gasteiger partial charge in [0.15, 0.2) is 0 Å². The number of anilines is 1. The van der Waals surface area contributed by atoms with Crippen molar-refractivity contribution in [2.24, 2.45) is 13.0 Å². The Kier molecular flexibility index (Phi) is 2.98. The van der Waals surface area contributed by atoms with E-state index in [0.29, 0.717) is 5.92 Å². The summed E-state index contributed by atoms with van der Waals surface area (Å²) in [5, 5.41) is 4.48. The van der Waals surface area contributed by atoms with Gasteiger partial charge in [-0.1, -0.05) is 13.3 Å². The van der Waals surface area contributed by atoms with Crippen LogP contribution < -0.4 is 5.73 Å². The molecule has 2 rings (SSSR count). The van der Waals surface area contributed by atoms with E-state index in [1.54, 1.807) is 4.68 Å². The van der Waals surface area contributed by atoms with E-state index in [-0.39, 0.29) is 0 Å². The standard InChI is InChI=1S/C12H21N3/c1-3-9-4-6-10(7-5-9)11-8-12(13)15(2)14-11/h8-10H,3-7,13H2,1-2H3. The van der Waals surface area contributed by atoms with E-state index < -0.39 is 0 Å². The molecule has 0 aromatic carbocycles. The minimum absolute atomic E-state index is 0.649. The van der Waals surface area contributed by atoms with Crippen LogP contribution >= 0.6 is 0 Å². The number of hydrogen-bond acceptors (Lipinski definition) is 2. The molecule has 1 aliphatic rings. The summed E-state index contributed by atoms with van der Waals surface area (Å²) in [6.07, 6.45) is 6.62. The van der Waals surface area contributed by atoms with Gasteiger partial charge in [0.25, 0.3) is 0 Å². The Morgan fingerprint density at radius 2 is 2.07 bits per heavy atom. The monoisotopic (exact) mass is 207 g/mol. The molecule has 0 atom stereocenters. The number of rotatable bonds is 2. The quantitative estimate of drug-likeness (QED) is 0.810. The average molecular weight is 207 g/mol. The summed E-state index contributed by atoms with van der Waals surface area (Å²) >= 11 is 0. The van der Waals surface area contributed by atoms with Gasteiger partial charge in [0.05, 0.1) is 5.69 Å². The lowest BCUT2D eigenvalue weighted by Gasteiger charge is -2.26. The zero-order chi connectivity index (χ0) is 10.8. The van der Waals surface area contributed by atoms with Gasteiger partial charge in [0.2, 0.25) is 0 Å². The van der Waals surface area contributed by atoms with Crippen molar-refractivity contribution in [2.45, 2.75) is 44.9 Å². The highest BCUT2D eigenvalue weighted by Crippen LogP contribution is 2.36. The van der Waals surface area contributed by atoms with Crippen molar-refractivity contribution in [3.05, 3.63) is 11.8 Å². The Morgan fingerprint density at radius 1 is 1.40 bits per heavy atom. The molecule has 0 spiro atoms. The van der Waals surface area contributed by atoms with E-state index in [9.17, 15) is 0 Å². The summed E-state index contributed by atoms with van der Waals surface area (Å²) in [7, 11) is 1.91. The van der Waals surface area contributed by atoms with Crippen molar-refractivity contribution in [1.29, 1.82) is 0 Å². The minimum Gasteiger partial charge on any atom is -0.384 e. The molecule has 0 unspecified atom stereocenters. The van der Waals surface area contributed by atoms with E-state index in [2.05, 4.69) is 12.0 Å². The second kappa shape index (κ2) is 4.25. The van der Waals surface area contributed by atoms with Crippen LogP contribution in [0.5, 0.6) is 0 Å². The third kappa shape index (κ3) is 2.16. The fourth-order valence-electron chi connectivity index (χ4n) is 2.57. The molecule has 3 heteroatoms. The van der Waals surface area contributed by atoms with Crippen LogP contribution in [0, 0.1) is 5.92 Å². The lowest BCUT2D eigenvalue weighted by Crippen LogP contribution is -2.13. The van der Waals surface area contributed by atoms with Gasteiger partial charge in [-0.25, -0.2) is 0 Å². The van der Waals surface area contributed by atoms with Crippen molar-refractivity contribution in [2.75, 3.05) is 5.73 Å². The van der Waals surface area contributed by atoms with Crippen molar-refractivity contribution >= 4 is 5.82 Å². The van der Waals surface area contributed by atoms with Gasteiger partial charge < -0.3 is 5.73 Å². The summed E-state index contributed by atoms with van der Waals surface area (Å²) in [4.78, 5) is 0. The molecule has 0 amide bonds. The van der Waals surface area contributed by atoms with Gasteiger partial charge in [-0.15, -0.1) is 0 Å². The fraction of sp³-hybridized carbons (Fsp3) is 0.750. The van der Waals surface area contributed by atoms with E-state index in [1.807, 2.05) is 13.1 Å². The van der Waals surface area contributed by atoms with Crippen LogP contribution in [0.2, 0.25) is 0 Å². The van der Waals surface area contributed by atoms with Crippen LogP contribution in [-0.4, -0.2) is 9.78 Å².